The highest BCUT2D eigenvalue weighted by molar-refractivity contribution is 5.25. The van der Waals surface area contributed by atoms with Gasteiger partial charge in [-0.3, -0.25) is 0 Å². The van der Waals surface area contributed by atoms with Crippen LogP contribution >= 0.6 is 0 Å². The molecule has 20 heavy (non-hydrogen) atoms. The Bertz CT molecular complexity index is 372. The molecule has 0 unspecified atom stereocenters. The van der Waals surface area contributed by atoms with Crippen LogP contribution in [0.15, 0.2) is 12.1 Å². The minimum Gasteiger partial charge on any atom is -0.478 e. The lowest BCUT2D eigenvalue weighted by atomic mass is 10.2. The monoisotopic (exact) mass is 282 g/mol. The predicted octanol–water partition coefficient (Wildman–Crippen LogP) is 1.80. The first-order valence-corrected chi connectivity index (χ1v) is 7.14. The van der Waals surface area contributed by atoms with Crippen molar-refractivity contribution in [3.8, 4) is 5.88 Å². The maximum Gasteiger partial charge on any atom is 0.213 e. The van der Waals surface area contributed by atoms with Gasteiger partial charge in [-0.15, -0.1) is 0 Å². The topological polar surface area (TPSA) is 52.6 Å². The van der Waals surface area contributed by atoms with Crippen LogP contribution in [0.3, 0.4) is 0 Å². The fraction of sp³-hybridized carbons (Fsp3) is 0.667. The molecular formula is C15H26N2O3. The van der Waals surface area contributed by atoms with Crippen molar-refractivity contribution >= 4 is 0 Å². The molecule has 1 rings (SSSR count). The van der Waals surface area contributed by atoms with Gasteiger partial charge in [0.1, 0.15) is 0 Å². The second kappa shape index (κ2) is 10.6. The van der Waals surface area contributed by atoms with Gasteiger partial charge in [-0.1, -0.05) is 6.92 Å². The third-order valence-electron chi connectivity index (χ3n) is 2.77. The maximum absolute atomic E-state index is 5.69. The number of hydrogen-bond acceptors (Lipinski definition) is 5. The van der Waals surface area contributed by atoms with Gasteiger partial charge in [0, 0.05) is 38.4 Å². The van der Waals surface area contributed by atoms with Crippen molar-refractivity contribution in [2.45, 2.75) is 26.3 Å². The van der Waals surface area contributed by atoms with Crippen molar-refractivity contribution in [2.24, 2.45) is 0 Å². The Labute approximate surface area is 121 Å². The molecule has 0 bridgehead atoms. The summed E-state index contributed by atoms with van der Waals surface area (Å²) in [6.07, 6.45) is 1.76. The van der Waals surface area contributed by atoms with Crippen molar-refractivity contribution in [1.82, 2.24) is 10.3 Å². The Morgan fingerprint density at radius 3 is 2.70 bits per heavy atom. The minimum absolute atomic E-state index is 0.617. The Kier molecular flexibility index (Phi) is 8.95. The van der Waals surface area contributed by atoms with Gasteiger partial charge in [-0.25, -0.2) is 4.98 Å². The van der Waals surface area contributed by atoms with Gasteiger partial charge in [0.15, 0.2) is 0 Å². The first-order valence-electron chi connectivity index (χ1n) is 7.14. The van der Waals surface area contributed by atoms with Crippen LogP contribution in [0.5, 0.6) is 5.88 Å². The van der Waals surface area contributed by atoms with Crippen molar-refractivity contribution < 1.29 is 14.2 Å². The van der Waals surface area contributed by atoms with Crippen LogP contribution in [0, 0.1) is 0 Å². The largest absolute Gasteiger partial charge is 0.478 e. The summed E-state index contributed by atoms with van der Waals surface area (Å²) < 4.78 is 16.0. The van der Waals surface area contributed by atoms with Gasteiger partial charge in [0.25, 0.3) is 0 Å². The molecule has 114 valence electrons. The average molecular weight is 282 g/mol. The van der Waals surface area contributed by atoms with Crippen LogP contribution in [0.2, 0.25) is 0 Å². The predicted molar refractivity (Wildman–Crippen MR) is 79.2 cm³/mol. The van der Waals surface area contributed by atoms with E-state index in [1.807, 2.05) is 13.1 Å². The van der Waals surface area contributed by atoms with E-state index in [4.69, 9.17) is 14.2 Å². The van der Waals surface area contributed by atoms with E-state index < -0.39 is 0 Å². The van der Waals surface area contributed by atoms with Crippen molar-refractivity contribution in [1.29, 1.82) is 0 Å². The first-order chi connectivity index (χ1) is 9.80. The van der Waals surface area contributed by atoms with Crippen LogP contribution in [-0.4, -0.2) is 45.6 Å². The SMILES string of the molecule is CCc1cc(CNC)cc(OCCCOCCOC)n1. The first kappa shape index (κ1) is 16.9. The standard InChI is InChI=1S/C15H26N2O3/c1-4-14-10-13(12-16-2)11-15(17-14)20-7-5-6-19-9-8-18-3/h10-11,16H,4-9,12H2,1-3H3. The lowest BCUT2D eigenvalue weighted by Crippen LogP contribution is -2.09. The summed E-state index contributed by atoms with van der Waals surface area (Å²) in [6.45, 7) is 5.48. The van der Waals surface area contributed by atoms with Gasteiger partial charge in [-0.2, -0.15) is 0 Å². The zero-order valence-corrected chi connectivity index (χ0v) is 12.8. The molecule has 1 heterocycles. The van der Waals surface area contributed by atoms with Crippen LogP contribution in [0.25, 0.3) is 0 Å². The quantitative estimate of drug-likeness (QED) is 0.627. The number of nitrogens with zero attached hydrogens (tertiary/aromatic N) is 1. The number of methoxy groups -OCH3 is 1. The maximum atomic E-state index is 5.69. The van der Waals surface area contributed by atoms with Gasteiger partial charge in [0.2, 0.25) is 5.88 Å². The summed E-state index contributed by atoms with van der Waals surface area (Å²) in [7, 11) is 3.60. The molecular weight excluding hydrogens is 256 g/mol. The molecule has 0 aromatic carbocycles. The Balaban J connectivity index is 2.33. The fourth-order valence-corrected chi connectivity index (χ4v) is 1.76. The molecule has 0 spiro atoms. The molecule has 0 aliphatic rings. The van der Waals surface area contributed by atoms with Crippen molar-refractivity contribution in [2.75, 3.05) is 40.6 Å². The minimum atomic E-state index is 0.617. The summed E-state index contributed by atoms with van der Waals surface area (Å²) in [4.78, 5) is 4.47. The van der Waals surface area contributed by atoms with Crippen LogP contribution in [0.4, 0.5) is 0 Å². The Morgan fingerprint density at radius 2 is 2.00 bits per heavy atom. The van der Waals surface area contributed by atoms with E-state index in [9.17, 15) is 0 Å². The molecule has 5 heteroatoms. The smallest absolute Gasteiger partial charge is 0.213 e. The zero-order chi connectivity index (χ0) is 14.6. The average Bonchev–Trinajstić information content (AvgIpc) is 2.46. The second-order valence-corrected chi connectivity index (χ2v) is 4.50. The molecule has 0 aliphatic carbocycles. The number of rotatable bonds is 11. The van der Waals surface area contributed by atoms with Crippen LogP contribution < -0.4 is 10.1 Å². The lowest BCUT2D eigenvalue weighted by molar-refractivity contribution is 0.0642. The van der Waals surface area contributed by atoms with E-state index in [1.165, 1.54) is 5.56 Å². The molecule has 1 aromatic heterocycles. The number of ether oxygens (including phenoxy) is 3. The lowest BCUT2D eigenvalue weighted by Gasteiger charge is -2.09. The van der Waals surface area contributed by atoms with Crippen molar-refractivity contribution in [3.63, 3.8) is 0 Å². The highest BCUT2D eigenvalue weighted by atomic mass is 16.5. The molecule has 0 amide bonds. The molecule has 0 radical (unpaired) electrons. The number of nitrogens with one attached hydrogen (secondary N) is 1. The third-order valence-corrected chi connectivity index (χ3v) is 2.77. The number of aromatic nitrogens is 1. The Hall–Kier alpha value is -1.17. The van der Waals surface area contributed by atoms with E-state index in [0.717, 1.165) is 25.1 Å². The molecule has 0 saturated heterocycles. The van der Waals surface area contributed by atoms with Gasteiger partial charge >= 0.3 is 0 Å². The zero-order valence-electron chi connectivity index (χ0n) is 12.8. The number of aryl methyl sites for hydroxylation is 1. The summed E-state index contributed by atoms with van der Waals surface area (Å²) in [6, 6.07) is 4.10. The van der Waals surface area contributed by atoms with E-state index >= 15 is 0 Å². The molecule has 1 N–H and O–H groups in total. The van der Waals surface area contributed by atoms with Gasteiger partial charge in [-0.05, 0) is 25.1 Å². The van der Waals surface area contributed by atoms with Crippen LogP contribution in [-0.2, 0) is 22.4 Å². The highest BCUT2D eigenvalue weighted by Gasteiger charge is 2.02. The molecule has 0 fully saturated rings. The normalized spacial score (nSPS) is 10.8. The van der Waals surface area contributed by atoms with E-state index in [0.29, 0.717) is 32.3 Å². The summed E-state index contributed by atoms with van der Waals surface area (Å²) in [5.74, 6) is 0.700. The second-order valence-electron chi connectivity index (χ2n) is 4.50. The Morgan fingerprint density at radius 1 is 1.15 bits per heavy atom. The van der Waals surface area contributed by atoms with E-state index in [-0.39, 0.29) is 0 Å². The van der Waals surface area contributed by atoms with Gasteiger partial charge < -0.3 is 19.5 Å². The highest BCUT2D eigenvalue weighted by Crippen LogP contribution is 2.13. The van der Waals surface area contributed by atoms with E-state index in [2.05, 4.69) is 23.3 Å². The molecule has 0 aliphatic heterocycles. The summed E-state index contributed by atoms with van der Waals surface area (Å²) >= 11 is 0. The van der Waals surface area contributed by atoms with Crippen molar-refractivity contribution in [3.05, 3.63) is 23.4 Å². The molecule has 1 aromatic rings. The van der Waals surface area contributed by atoms with E-state index in [1.54, 1.807) is 7.11 Å². The molecule has 0 saturated carbocycles. The summed E-state index contributed by atoms with van der Waals surface area (Å²) in [5.41, 5.74) is 2.26. The third kappa shape index (κ3) is 6.84. The fourth-order valence-electron chi connectivity index (χ4n) is 1.76. The summed E-state index contributed by atoms with van der Waals surface area (Å²) in [5, 5.41) is 3.14. The molecule has 0 atom stereocenters. The van der Waals surface area contributed by atoms with Crippen LogP contribution in [0.1, 0.15) is 24.6 Å². The van der Waals surface area contributed by atoms with Gasteiger partial charge in [0.05, 0.1) is 19.8 Å². The number of pyridine rings is 1. The molecule has 5 nitrogen and oxygen atoms in total. The number of hydrogen-bond donors (Lipinski definition) is 1.